The number of rotatable bonds is 6. The van der Waals surface area contributed by atoms with Gasteiger partial charge in [0.15, 0.2) is 0 Å². The van der Waals surface area contributed by atoms with Gasteiger partial charge in [0.25, 0.3) is 10.0 Å². The molecule has 3 rings (SSSR count). The molecule has 25 heavy (non-hydrogen) atoms. The van der Waals surface area contributed by atoms with E-state index in [1.54, 1.807) is 24.3 Å². The molecule has 0 fully saturated rings. The summed E-state index contributed by atoms with van der Waals surface area (Å²) in [5, 5.41) is 0. The number of hydrogen-bond donors (Lipinski definition) is 1. The Kier molecular flexibility index (Phi) is 5.00. The molecule has 4 nitrogen and oxygen atoms in total. The van der Waals surface area contributed by atoms with E-state index in [0.717, 1.165) is 17.7 Å². The third kappa shape index (κ3) is 4.58. The van der Waals surface area contributed by atoms with Crippen molar-refractivity contribution in [2.24, 2.45) is 0 Å². The predicted molar refractivity (Wildman–Crippen MR) is 94.4 cm³/mol. The molecule has 128 valence electrons. The van der Waals surface area contributed by atoms with Crippen LogP contribution >= 0.6 is 0 Å². The van der Waals surface area contributed by atoms with E-state index >= 15 is 0 Å². The molecule has 3 aromatic rings. The minimum atomic E-state index is -3.76. The van der Waals surface area contributed by atoms with Gasteiger partial charge in [0.1, 0.15) is 18.2 Å². The maximum atomic E-state index is 12.9. The molecule has 0 amide bonds. The van der Waals surface area contributed by atoms with Crippen molar-refractivity contribution < 1.29 is 17.5 Å². The first kappa shape index (κ1) is 17.0. The second kappa shape index (κ2) is 7.36. The molecular weight excluding hydrogens is 341 g/mol. The average molecular weight is 357 g/mol. The van der Waals surface area contributed by atoms with E-state index in [2.05, 4.69) is 4.72 Å². The van der Waals surface area contributed by atoms with Crippen molar-refractivity contribution in [1.29, 1.82) is 0 Å². The molecule has 0 aromatic heterocycles. The largest absolute Gasteiger partial charge is 0.489 e. The Bertz CT molecular complexity index is 925. The van der Waals surface area contributed by atoms with Crippen LogP contribution in [0.1, 0.15) is 5.56 Å². The van der Waals surface area contributed by atoms with Gasteiger partial charge in [0.2, 0.25) is 0 Å². The Hall–Kier alpha value is -2.86. The zero-order valence-corrected chi connectivity index (χ0v) is 14.0. The summed E-state index contributed by atoms with van der Waals surface area (Å²) in [6, 6.07) is 21.0. The second-order valence-corrected chi connectivity index (χ2v) is 7.04. The van der Waals surface area contributed by atoms with Crippen LogP contribution in [-0.4, -0.2) is 8.42 Å². The molecule has 0 saturated carbocycles. The molecule has 6 heteroatoms. The molecule has 0 aliphatic rings. The highest BCUT2D eigenvalue weighted by Crippen LogP contribution is 2.20. The van der Waals surface area contributed by atoms with Crippen molar-refractivity contribution in [3.8, 4) is 5.75 Å². The number of sulfonamides is 1. The molecule has 1 N–H and O–H groups in total. The molecular formula is C19H16FNO3S. The molecule has 0 heterocycles. The maximum absolute atomic E-state index is 12.9. The Morgan fingerprint density at radius 3 is 2.12 bits per heavy atom. The summed E-state index contributed by atoms with van der Waals surface area (Å²) in [6.45, 7) is 0.432. The van der Waals surface area contributed by atoms with Gasteiger partial charge in [0.05, 0.1) is 4.90 Å². The second-order valence-electron chi connectivity index (χ2n) is 5.36. The summed E-state index contributed by atoms with van der Waals surface area (Å²) >= 11 is 0. The average Bonchev–Trinajstić information content (AvgIpc) is 2.62. The fourth-order valence-corrected chi connectivity index (χ4v) is 3.25. The first-order chi connectivity index (χ1) is 12.0. The van der Waals surface area contributed by atoms with Crippen molar-refractivity contribution in [3.05, 3.63) is 90.2 Å². The summed E-state index contributed by atoms with van der Waals surface area (Å²) < 4.78 is 45.5. The molecule has 0 aliphatic heterocycles. The van der Waals surface area contributed by atoms with E-state index in [9.17, 15) is 12.8 Å². The summed E-state index contributed by atoms with van der Waals surface area (Å²) in [6.07, 6.45) is 0. The standard InChI is InChI=1S/C19H16FNO3S/c20-16-6-12-19(13-7-16)25(22,23)21-17-8-10-18(11-9-17)24-14-15-4-2-1-3-5-15/h1-13,21H,14H2. The zero-order chi connectivity index (χ0) is 17.7. The number of anilines is 1. The van der Waals surface area contributed by atoms with Crippen molar-refractivity contribution in [1.82, 2.24) is 0 Å². The van der Waals surface area contributed by atoms with Crippen LogP contribution in [0.4, 0.5) is 10.1 Å². The van der Waals surface area contributed by atoms with E-state index in [1.165, 1.54) is 12.1 Å². The highest BCUT2D eigenvalue weighted by molar-refractivity contribution is 7.92. The Morgan fingerprint density at radius 2 is 1.48 bits per heavy atom. The van der Waals surface area contributed by atoms with Crippen LogP contribution in [0.25, 0.3) is 0 Å². The lowest BCUT2D eigenvalue weighted by molar-refractivity contribution is 0.306. The van der Waals surface area contributed by atoms with Crippen LogP contribution in [0, 0.1) is 5.82 Å². The lowest BCUT2D eigenvalue weighted by atomic mass is 10.2. The number of nitrogens with one attached hydrogen (secondary N) is 1. The van der Waals surface area contributed by atoms with E-state index in [4.69, 9.17) is 4.74 Å². The normalized spacial score (nSPS) is 11.1. The zero-order valence-electron chi connectivity index (χ0n) is 13.2. The lowest BCUT2D eigenvalue weighted by Crippen LogP contribution is -2.12. The number of ether oxygens (including phenoxy) is 1. The van der Waals surface area contributed by atoms with E-state index < -0.39 is 15.8 Å². The summed E-state index contributed by atoms with van der Waals surface area (Å²) in [4.78, 5) is -0.00157. The summed E-state index contributed by atoms with van der Waals surface area (Å²) in [5.74, 6) is 0.146. The maximum Gasteiger partial charge on any atom is 0.261 e. The van der Waals surface area contributed by atoms with Gasteiger partial charge in [0, 0.05) is 5.69 Å². The minimum absolute atomic E-state index is 0.00157. The summed E-state index contributed by atoms with van der Waals surface area (Å²) in [7, 11) is -3.76. The van der Waals surface area contributed by atoms with Gasteiger partial charge < -0.3 is 4.74 Å². The summed E-state index contributed by atoms with van der Waals surface area (Å²) in [5.41, 5.74) is 1.44. The molecule has 3 aromatic carbocycles. The van der Waals surface area contributed by atoms with Crippen LogP contribution in [-0.2, 0) is 16.6 Å². The molecule has 0 bridgehead atoms. The van der Waals surface area contributed by atoms with Gasteiger partial charge in [-0.2, -0.15) is 0 Å². The Morgan fingerprint density at radius 1 is 0.840 bits per heavy atom. The minimum Gasteiger partial charge on any atom is -0.489 e. The van der Waals surface area contributed by atoms with Gasteiger partial charge >= 0.3 is 0 Å². The highest BCUT2D eigenvalue weighted by Gasteiger charge is 2.14. The fourth-order valence-electron chi connectivity index (χ4n) is 2.19. The Labute approximate surface area is 146 Å². The fraction of sp³-hybridized carbons (Fsp3) is 0.0526. The molecule has 0 saturated heterocycles. The molecule has 0 unspecified atom stereocenters. The van der Waals surface area contributed by atoms with Crippen molar-refractivity contribution in [3.63, 3.8) is 0 Å². The van der Waals surface area contributed by atoms with Gasteiger partial charge in [-0.05, 0) is 54.1 Å². The van der Waals surface area contributed by atoms with Crippen LogP contribution < -0.4 is 9.46 Å². The molecule has 0 spiro atoms. The smallest absolute Gasteiger partial charge is 0.261 e. The van der Waals surface area contributed by atoms with Crippen molar-refractivity contribution >= 4 is 15.7 Å². The predicted octanol–water partition coefficient (Wildman–Crippen LogP) is 4.21. The van der Waals surface area contributed by atoms with E-state index in [0.29, 0.717) is 18.0 Å². The first-order valence-electron chi connectivity index (χ1n) is 7.58. The van der Waals surface area contributed by atoms with Gasteiger partial charge in [-0.15, -0.1) is 0 Å². The molecule has 0 radical (unpaired) electrons. The van der Waals surface area contributed by atoms with E-state index in [-0.39, 0.29) is 4.90 Å². The van der Waals surface area contributed by atoms with Crippen LogP contribution in [0.3, 0.4) is 0 Å². The van der Waals surface area contributed by atoms with Gasteiger partial charge in [-0.1, -0.05) is 30.3 Å². The SMILES string of the molecule is O=S(=O)(Nc1ccc(OCc2ccccc2)cc1)c1ccc(F)cc1. The quantitative estimate of drug-likeness (QED) is 0.719. The topological polar surface area (TPSA) is 55.4 Å². The molecule has 0 aliphatic carbocycles. The Balaban J connectivity index is 1.65. The van der Waals surface area contributed by atoms with Crippen LogP contribution in [0.5, 0.6) is 5.75 Å². The van der Waals surface area contributed by atoms with Crippen LogP contribution in [0.15, 0.2) is 83.8 Å². The van der Waals surface area contributed by atoms with Crippen LogP contribution in [0.2, 0.25) is 0 Å². The number of benzene rings is 3. The molecule has 0 atom stereocenters. The first-order valence-corrected chi connectivity index (χ1v) is 9.06. The lowest BCUT2D eigenvalue weighted by Gasteiger charge is -2.10. The van der Waals surface area contributed by atoms with E-state index in [1.807, 2.05) is 30.3 Å². The van der Waals surface area contributed by atoms with Crippen molar-refractivity contribution in [2.45, 2.75) is 11.5 Å². The monoisotopic (exact) mass is 357 g/mol. The third-order valence-electron chi connectivity index (χ3n) is 3.48. The van der Waals surface area contributed by atoms with Crippen molar-refractivity contribution in [2.75, 3.05) is 4.72 Å². The highest BCUT2D eigenvalue weighted by atomic mass is 32.2. The third-order valence-corrected chi connectivity index (χ3v) is 4.88. The van der Waals surface area contributed by atoms with Gasteiger partial charge in [-0.3, -0.25) is 4.72 Å². The number of halogens is 1. The number of hydrogen-bond acceptors (Lipinski definition) is 3. The van der Waals surface area contributed by atoms with Gasteiger partial charge in [-0.25, -0.2) is 12.8 Å².